The van der Waals surface area contributed by atoms with E-state index in [9.17, 15) is 0 Å². The van der Waals surface area contributed by atoms with Crippen LogP contribution >= 0.6 is 24.2 Å². The summed E-state index contributed by atoms with van der Waals surface area (Å²) in [6.45, 7) is 2.06. The average Bonchev–Trinajstić information content (AvgIpc) is 1.96. The molecule has 73 valence electrons. The number of nitrogens with two attached hydrogens (primary N) is 1. The van der Waals surface area contributed by atoms with Crippen LogP contribution in [0.25, 0.3) is 0 Å². The van der Waals surface area contributed by atoms with Gasteiger partial charge in [0.15, 0.2) is 0 Å². The zero-order valence-electron chi connectivity index (χ0n) is 7.41. The Balaban J connectivity index is 0. The average molecular weight is 317 g/mol. The van der Waals surface area contributed by atoms with Crippen LogP contribution in [0, 0.1) is 0 Å². The third-order valence-corrected chi connectivity index (χ3v) is 3.21. The van der Waals surface area contributed by atoms with Gasteiger partial charge >= 0.3 is 87.4 Å². The first-order chi connectivity index (χ1) is 5.27. The Morgan fingerprint density at radius 2 is 2.17 bits per heavy atom. The van der Waals surface area contributed by atoms with Gasteiger partial charge in [-0.3, -0.25) is 0 Å². The number of hydrogen-bond donors (Lipinski definition) is 1. The second-order valence-corrected chi connectivity index (χ2v) is 4.52. The fourth-order valence-corrected chi connectivity index (χ4v) is 2.09. The summed E-state index contributed by atoms with van der Waals surface area (Å²) >= 11 is 3.03. The zero-order chi connectivity index (χ0) is 8.53. The Morgan fingerprint density at radius 3 is 2.67 bits per heavy atom. The summed E-state index contributed by atoms with van der Waals surface area (Å²) in [7, 11) is 0. The molecule has 0 bridgehead atoms. The molecule has 12 heavy (non-hydrogen) atoms. The van der Waals surface area contributed by atoms with Crippen molar-refractivity contribution in [1.82, 2.24) is 0 Å². The first kappa shape index (κ1) is 15.8. The fraction of sp³-hybridized carbons (Fsp3) is 1.00. The van der Waals surface area contributed by atoms with Crippen molar-refractivity contribution in [3.63, 3.8) is 0 Å². The molecule has 0 aromatic rings. The monoisotopic (exact) mass is 318 g/mol. The Morgan fingerprint density at radius 1 is 1.50 bits per heavy atom. The largest absolute Gasteiger partial charge is 0.147 e. The molecule has 0 aliphatic heterocycles. The number of rotatable bonds is 7. The molecule has 0 aliphatic rings. The molecular formula is C7H17ClNOSSn. The molecule has 0 fully saturated rings. The van der Waals surface area contributed by atoms with E-state index in [1.165, 1.54) is 41.5 Å². The minimum absolute atomic E-state index is 0. The van der Waals surface area contributed by atoms with Gasteiger partial charge < -0.3 is 0 Å². The number of hydrogen-bond acceptors (Lipinski definition) is 3. The smallest absolute Gasteiger partial charge is 0.147 e. The summed E-state index contributed by atoms with van der Waals surface area (Å²) in [6, 6.07) is 0.368. The molecule has 0 saturated heterocycles. The second-order valence-electron chi connectivity index (χ2n) is 2.64. The molecule has 0 aromatic heterocycles. The second kappa shape index (κ2) is 12.4. The van der Waals surface area contributed by atoms with Crippen LogP contribution in [-0.4, -0.2) is 40.7 Å². The van der Waals surface area contributed by atoms with Gasteiger partial charge in [-0.2, -0.15) is 0 Å². The summed E-state index contributed by atoms with van der Waals surface area (Å²) in [5.41, 5.74) is 5.61. The molecule has 0 aromatic carbocycles. The van der Waals surface area contributed by atoms with Gasteiger partial charge in [-0.25, -0.2) is 0 Å². The Hall–Kier alpha value is 1.36. The van der Waals surface area contributed by atoms with Crippen molar-refractivity contribution in [2.75, 3.05) is 11.7 Å². The SMILES string of the molecule is CC(N)CCCCSC[O][Sn].Cl. The quantitative estimate of drug-likeness (QED) is 0.441. The predicted octanol–water partition coefficient (Wildman–Crippen LogP) is 1.72. The van der Waals surface area contributed by atoms with E-state index in [1.807, 2.05) is 11.8 Å². The molecule has 2 N–H and O–H groups in total. The molecule has 0 aliphatic carbocycles. The fourth-order valence-electron chi connectivity index (χ4n) is 0.771. The van der Waals surface area contributed by atoms with Crippen molar-refractivity contribution < 1.29 is 3.07 Å². The normalized spacial score (nSPS) is 12.2. The van der Waals surface area contributed by atoms with Crippen LogP contribution in [-0.2, 0) is 3.07 Å². The van der Waals surface area contributed by atoms with E-state index in [-0.39, 0.29) is 12.4 Å². The summed E-state index contributed by atoms with van der Waals surface area (Å²) in [5.74, 6) is 2.07. The third kappa shape index (κ3) is 13.9. The molecule has 0 heterocycles. The van der Waals surface area contributed by atoms with Gasteiger partial charge in [-0.15, -0.1) is 12.4 Å². The van der Waals surface area contributed by atoms with Gasteiger partial charge in [0.2, 0.25) is 0 Å². The number of unbranched alkanes of at least 4 members (excludes halogenated alkanes) is 1. The maximum atomic E-state index is 5.61. The molecule has 1 atom stereocenters. The van der Waals surface area contributed by atoms with Crippen LogP contribution in [0.15, 0.2) is 0 Å². The van der Waals surface area contributed by atoms with E-state index in [0.717, 1.165) is 12.4 Å². The van der Waals surface area contributed by atoms with E-state index in [0.29, 0.717) is 6.04 Å². The Bertz CT molecular complexity index is 87.8. The van der Waals surface area contributed by atoms with E-state index in [2.05, 4.69) is 6.92 Å². The summed E-state index contributed by atoms with van der Waals surface area (Å²) in [5, 5.41) is 0. The Kier molecular flexibility index (Phi) is 16.3. The topological polar surface area (TPSA) is 35.2 Å². The molecule has 0 amide bonds. The van der Waals surface area contributed by atoms with Crippen molar-refractivity contribution in [3.05, 3.63) is 0 Å². The number of thioether (sulfide) groups is 1. The molecule has 5 heteroatoms. The molecule has 0 spiro atoms. The van der Waals surface area contributed by atoms with Crippen molar-refractivity contribution in [3.8, 4) is 0 Å². The van der Waals surface area contributed by atoms with Gasteiger partial charge in [-0.05, 0) is 0 Å². The predicted molar refractivity (Wildman–Crippen MR) is 58.9 cm³/mol. The van der Waals surface area contributed by atoms with Gasteiger partial charge in [0, 0.05) is 0 Å². The maximum Gasteiger partial charge on any atom is -0.147 e. The van der Waals surface area contributed by atoms with Crippen molar-refractivity contribution in [1.29, 1.82) is 0 Å². The molecule has 3 radical (unpaired) electrons. The van der Waals surface area contributed by atoms with Crippen molar-refractivity contribution in [2.45, 2.75) is 32.2 Å². The van der Waals surface area contributed by atoms with Crippen molar-refractivity contribution >= 4 is 47.1 Å². The minimum atomic E-state index is 0. The zero-order valence-corrected chi connectivity index (χ0v) is 11.9. The minimum Gasteiger partial charge on any atom is -0.147 e. The number of halogens is 1. The molecular weight excluding hydrogens is 300 g/mol. The standard InChI is InChI=1S/C7H16NOS.ClH.Sn/c1-7(8)4-2-3-5-10-6-9;;/h7H,2-6,8H2,1H3;1H;/q-1;;+1. The van der Waals surface area contributed by atoms with Gasteiger partial charge in [0.25, 0.3) is 0 Å². The molecule has 1 unspecified atom stereocenters. The van der Waals surface area contributed by atoms with Crippen LogP contribution in [0.1, 0.15) is 26.2 Å². The van der Waals surface area contributed by atoms with E-state index < -0.39 is 0 Å². The van der Waals surface area contributed by atoms with Gasteiger partial charge in [-0.1, -0.05) is 0 Å². The van der Waals surface area contributed by atoms with Gasteiger partial charge in [0.1, 0.15) is 0 Å². The first-order valence-electron chi connectivity index (χ1n) is 3.89. The molecule has 2 nitrogen and oxygen atoms in total. The summed E-state index contributed by atoms with van der Waals surface area (Å²) in [4.78, 5) is 0. The van der Waals surface area contributed by atoms with Crippen LogP contribution < -0.4 is 5.73 Å². The van der Waals surface area contributed by atoms with Crippen LogP contribution in [0.5, 0.6) is 0 Å². The van der Waals surface area contributed by atoms with Crippen LogP contribution in [0.3, 0.4) is 0 Å². The van der Waals surface area contributed by atoms with E-state index in [4.69, 9.17) is 8.81 Å². The molecule has 0 rings (SSSR count). The van der Waals surface area contributed by atoms with Crippen molar-refractivity contribution in [2.24, 2.45) is 5.73 Å². The summed E-state index contributed by atoms with van der Waals surface area (Å²) in [6.07, 6.45) is 3.67. The van der Waals surface area contributed by atoms with Gasteiger partial charge in [0.05, 0.1) is 0 Å². The first-order valence-corrected chi connectivity index (χ1v) is 6.21. The molecule has 0 saturated carbocycles. The van der Waals surface area contributed by atoms with E-state index >= 15 is 0 Å². The Labute approximate surface area is 99.4 Å². The van der Waals surface area contributed by atoms with Crippen LogP contribution in [0.4, 0.5) is 0 Å². The van der Waals surface area contributed by atoms with E-state index in [1.54, 1.807) is 0 Å². The summed E-state index contributed by atoms with van der Waals surface area (Å²) < 4.78 is 5.00. The van der Waals surface area contributed by atoms with Crippen LogP contribution in [0.2, 0.25) is 0 Å². The maximum absolute atomic E-state index is 5.61. The third-order valence-electron chi connectivity index (χ3n) is 1.34.